The van der Waals surface area contributed by atoms with Gasteiger partial charge in [0.15, 0.2) is 11.5 Å². The third kappa shape index (κ3) is 7.03. The zero-order valence-corrected chi connectivity index (χ0v) is 23.1. The lowest BCUT2D eigenvalue weighted by Gasteiger charge is -2.24. The van der Waals surface area contributed by atoms with Crippen LogP contribution in [0.2, 0.25) is 5.02 Å². The maximum Gasteiger partial charge on any atom is 0.410 e. The highest BCUT2D eigenvalue weighted by Crippen LogP contribution is 2.22. The molecule has 0 bridgehead atoms. The fourth-order valence-electron chi connectivity index (χ4n) is 4.12. The number of anilines is 1. The van der Waals surface area contributed by atoms with Crippen molar-refractivity contribution in [1.82, 2.24) is 25.5 Å². The summed E-state index contributed by atoms with van der Waals surface area (Å²) in [6, 6.07) is 10.5. The summed E-state index contributed by atoms with van der Waals surface area (Å²) in [6.07, 6.45) is 1.52. The fourth-order valence-corrected chi connectivity index (χ4v) is 4.35. The minimum Gasteiger partial charge on any atom is -0.444 e. The van der Waals surface area contributed by atoms with E-state index in [2.05, 4.69) is 20.6 Å². The molecule has 1 aromatic heterocycles. The van der Waals surface area contributed by atoms with Crippen molar-refractivity contribution in [3.8, 4) is 11.3 Å². The van der Waals surface area contributed by atoms with E-state index in [-0.39, 0.29) is 34.7 Å². The van der Waals surface area contributed by atoms with Crippen molar-refractivity contribution < 1.29 is 23.5 Å². The first-order chi connectivity index (χ1) is 18.9. The predicted octanol–water partition coefficient (Wildman–Crippen LogP) is 4.19. The highest BCUT2D eigenvalue weighted by molar-refractivity contribution is 6.31. The number of carbonyl (C=O) groups excluding carboxylic acids is 3. The molecule has 3 aromatic rings. The van der Waals surface area contributed by atoms with Gasteiger partial charge < -0.3 is 26.0 Å². The molecule has 40 heavy (non-hydrogen) atoms. The van der Waals surface area contributed by atoms with E-state index >= 15 is 0 Å². The third-order valence-electron chi connectivity index (χ3n) is 6.10. The molecule has 0 radical (unpaired) electrons. The van der Waals surface area contributed by atoms with Crippen molar-refractivity contribution in [3.05, 3.63) is 76.3 Å². The monoisotopic (exact) mass is 568 g/mol. The largest absolute Gasteiger partial charge is 0.444 e. The van der Waals surface area contributed by atoms with Crippen LogP contribution in [0.3, 0.4) is 0 Å². The molecule has 2 heterocycles. The van der Waals surface area contributed by atoms with Crippen LogP contribution in [-0.2, 0) is 11.3 Å². The molecule has 4 rings (SSSR count). The Morgan fingerprint density at radius 3 is 2.65 bits per heavy atom. The second kappa shape index (κ2) is 11.9. The molecule has 4 N–H and O–H groups in total. The topological polar surface area (TPSA) is 140 Å². The number of hydrogen-bond acceptors (Lipinski definition) is 7. The molecule has 1 saturated heterocycles. The summed E-state index contributed by atoms with van der Waals surface area (Å²) < 4.78 is 19.4. The molecule has 3 amide bonds. The Bertz CT molecular complexity index is 1420. The van der Waals surface area contributed by atoms with Gasteiger partial charge >= 0.3 is 6.09 Å². The lowest BCUT2D eigenvalue weighted by molar-refractivity contribution is 0.0289. The Morgan fingerprint density at radius 2 is 1.93 bits per heavy atom. The molecule has 1 aliphatic heterocycles. The van der Waals surface area contributed by atoms with Crippen LogP contribution in [0.4, 0.5) is 15.0 Å². The van der Waals surface area contributed by atoms with Crippen molar-refractivity contribution in [2.45, 2.75) is 45.4 Å². The Balaban J connectivity index is 1.43. The van der Waals surface area contributed by atoms with Crippen LogP contribution < -0.4 is 16.4 Å². The van der Waals surface area contributed by atoms with Crippen LogP contribution in [-0.4, -0.2) is 57.5 Å². The Hall–Kier alpha value is -4.25. The summed E-state index contributed by atoms with van der Waals surface area (Å²) in [5.41, 5.74) is 6.60. The summed E-state index contributed by atoms with van der Waals surface area (Å²) in [6.45, 7) is 6.02. The molecule has 2 aromatic carbocycles. The molecular formula is C28H30ClFN6O4. The van der Waals surface area contributed by atoms with Crippen molar-refractivity contribution >= 4 is 35.3 Å². The van der Waals surface area contributed by atoms with Crippen molar-refractivity contribution in [1.29, 1.82) is 0 Å². The van der Waals surface area contributed by atoms with Gasteiger partial charge in [0, 0.05) is 47.4 Å². The number of nitrogens with two attached hydrogens (primary N) is 1. The molecule has 1 aliphatic rings. The lowest BCUT2D eigenvalue weighted by atomic mass is 10.1. The minimum absolute atomic E-state index is 0.0566. The second-order valence-corrected chi connectivity index (χ2v) is 10.7. The number of nitrogens with zero attached hydrogens (tertiary/aromatic N) is 3. The van der Waals surface area contributed by atoms with E-state index < -0.39 is 29.3 Å². The molecule has 1 fully saturated rings. The normalized spacial score (nSPS) is 15.0. The van der Waals surface area contributed by atoms with Crippen LogP contribution in [0.25, 0.3) is 11.3 Å². The molecular weight excluding hydrogens is 539 g/mol. The van der Waals surface area contributed by atoms with Crippen LogP contribution in [0.15, 0.2) is 48.7 Å². The molecule has 0 unspecified atom stereocenters. The average molecular weight is 569 g/mol. The van der Waals surface area contributed by atoms with Gasteiger partial charge in [-0.25, -0.2) is 19.2 Å². The number of nitrogen functional groups attached to an aromatic ring is 1. The van der Waals surface area contributed by atoms with E-state index in [0.717, 1.165) is 0 Å². The van der Waals surface area contributed by atoms with Gasteiger partial charge in [0.05, 0.1) is 11.9 Å². The molecule has 1 atom stereocenters. The van der Waals surface area contributed by atoms with Gasteiger partial charge in [-0.15, -0.1) is 0 Å². The smallest absolute Gasteiger partial charge is 0.410 e. The quantitative estimate of drug-likeness (QED) is 0.405. The average Bonchev–Trinajstić information content (AvgIpc) is 3.36. The number of hydrogen-bond donors (Lipinski definition) is 3. The minimum atomic E-state index is -0.617. The molecule has 0 aliphatic carbocycles. The number of nitrogens with one attached hydrogen (secondary N) is 2. The van der Waals surface area contributed by atoms with E-state index in [4.69, 9.17) is 22.1 Å². The van der Waals surface area contributed by atoms with Crippen LogP contribution >= 0.6 is 11.6 Å². The molecule has 210 valence electrons. The van der Waals surface area contributed by atoms with E-state index in [1.807, 2.05) is 0 Å². The number of likely N-dealkylation sites (tertiary alicyclic amines) is 1. The first kappa shape index (κ1) is 28.8. The lowest BCUT2D eigenvalue weighted by Crippen LogP contribution is -2.40. The third-order valence-corrected chi connectivity index (χ3v) is 6.45. The van der Waals surface area contributed by atoms with Crippen molar-refractivity contribution in [2.24, 2.45) is 0 Å². The van der Waals surface area contributed by atoms with Gasteiger partial charge in [-0.3, -0.25) is 9.59 Å². The summed E-state index contributed by atoms with van der Waals surface area (Å²) >= 11 is 6.04. The van der Waals surface area contributed by atoms with Gasteiger partial charge in [-0.05, 0) is 51.5 Å². The Morgan fingerprint density at radius 1 is 1.18 bits per heavy atom. The number of benzene rings is 2. The highest BCUT2D eigenvalue weighted by Gasteiger charge is 2.31. The Kier molecular flexibility index (Phi) is 8.53. The highest BCUT2D eigenvalue weighted by atomic mass is 35.5. The van der Waals surface area contributed by atoms with Crippen molar-refractivity contribution in [3.63, 3.8) is 0 Å². The predicted molar refractivity (Wildman–Crippen MR) is 148 cm³/mol. The number of halogens is 2. The van der Waals surface area contributed by atoms with E-state index in [9.17, 15) is 18.8 Å². The van der Waals surface area contributed by atoms with E-state index in [0.29, 0.717) is 36.3 Å². The van der Waals surface area contributed by atoms with Gasteiger partial charge in [0.1, 0.15) is 11.4 Å². The number of rotatable bonds is 6. The van der Waals surface area contributed by atoms with Gasteiger partial charge in [-0.2, -0.15) is 0 Å². The van der Waals surface area contributed by atoms with E-state index in [1.165, 1.54) is 18.3 Å². The summed E-state index contributed by atoms with van der Waals surface area (Å²) in [5.74, 6) is -1.55. The van der Waals surface area contributed by atoms with Crippen LogP contribution in [0.1, 0.15) is 53.6 Å². The zero-order valence-electron chi connectivity index (χ0n) is 22.3. The number of amides is 3. The summed E-state index contributed by atoms with van der Waals surface area (Å²) in [4.78, 5) is 48.2. The SMILES string of the molecule is CC(C)(C)OC(=O)N1CC[C@H](NC(=O)c2nc(-c3cccc(C(=O)NCc4c(F)cccc4Cl)c3)cnc2N)C1. The first-order valence-electron chi connectivity index (χ1n) is 12.6. The van der Waals surface area contributed by atoms with Gasteiger partial charge in [0.25, 0.3) is 11.8 Å². The first-order valence-corrected chi connectivity index (χ1v) is 13.0. The van der Waals surface area contributed by atoms with Crippen LogP contribution in [0, 0.1) is 5.82 Å². The molecule has 12 heteroatoms. The van der Waals surface area contributed by atoms with E-state index in [1.54, 1.807) is 56.0 Å². The fraction of sp³-hybridized carbons (Fsp3) is 0.321. The summed E-state index contributed by atoms with van der Waals surface area (Å²) in [7, 11) is 0. The number of carbonyl (C=O) groups is 3. The number of aromatic nitrogens is 2. The Labute approximate surface area is 236 Å². The molecule has 10 nitrogen and oxygen atoms in total. The standard InChI is InChI=1S/C28H30ClFN6O4/c1-28(2,3)40-27(39)36-11-10-18(15-36)34-26(38)23-24(31)32-14-22(35-23)16-6-4-7-17(12-16)25(37)33-13-19-20(29)8-5-9-21(19)30/h4-9,12,14,18H,10-11,13,15H2,1-3H3,(H2,31,32)(H,33,37)(H,34,38)/t18-/m0/s1. The van der Waals surface area contributed by atoms with Gasteiger partial charge in [-0.1, -0.05) is 29.8 Å². The molecule has 0 spiro atoms. The maximum absolute atomic E-state index is 14.0. The molecule has 0 saturated carbocycles. The summed E-state index contributed by atoms with van der Waals surface area (Å²) in [5, 5.41) is 5.73. The maximum atomic E-state index is 14.0. The van der Waals surface area contributed by atoms with Crippen molar-refractivity contribution in [2.75, 3.05) is 18.8 Å². The zero-order chi connectivity index (χ0) is 29.0. The van der Waals surface area contributed by atoms with Gasteiger partial charge in [0.2, 0.25) is 0 Å². The van der Waals surface area contributed by atoms with Crippen LogP contribution in [0.5, 0.6) is 0 Å². The number of ether oxygens (including phenoxy) is 1. The second-order valence-electron chi connectivity index (χ2n) is 10.3.